The molecule has 0 bridgehead atoms. The molecule has 0 spiro atoms. The van der Waals surface area contributed by atoms with Crippen molar-refractivity contribution in [2.24, 2.45) is 0 Å². The molecule has 2 fully saturated rings. The van der Waals surface area contributed by atoms with Crippen LogP contribution >= 0.6 is 0 Å². The van der Waals surface area contributed by atoms with E-state index >= 15 is 0 Å². The number of non-ortho nitro benzene ring substituents is 1. The molecule has 1 aliphatic heterocycles. The maximum absolute atomic E-state index is 10.9. The Labute approximate surface area is 170 Å². The highest BCUT2D eigenvalue weighted by atomic mass is 16.6. The minimum atomic E-state index is -0.357. The average molecular weight is 399 g/mol. The summed E-state index contributed by atoms with van der Waals surface area (Å²) in [6.45, 7) is 5.83. The summed E-state index contributed by atoms with van der Waals surface area (Å²) in [7, 11) is 0. The van der Waals surface area contributed by atoms with Gasteiger partial charge in [-0.1, -0.05) is 26.2 Å². The van der Waals surface area contributed by atoms with Gasteiger partial charge in [0.2, 0.25) is 0 Å². The van der Waals surface area contributed by atoms with Gasteiger partial charge >= 0.3 is 0 Å². The van der Waals surface area contributed by atoms with Crippen LogP contribution in [0, 0.1) is 10.1 Å². The molecular weight excluding hydrogens is 370 g/mol. The molecule has 0 N–H and O–H groups in total. The quantitative estimate of drug-likeness (QED) is 0.543. The summed E-state index contributed by atoms with van der Waals surface area (Å²) in [6, 6.07) is 7.50. The van der Waals surface area contributed by atoms with Gasteiger partial charge in [-0.3, -0.25) is 15.0 Å². The summed E-state index contributed by atoms with van der Waals surface area (Å²) in [5.41, 5.74) is 1.17. The van der Waals surface area contributed by atoms with Crippen molar-refractivity contribution in [3.05, 3.63) is 40.2 Å². The minimum Gasteiger partial charge on any atom is -0.369 e. The van der Waals surface area contributed by atoms with Crippen LogP contribution in [0.5, 0.6) is 0 Å². The SMILES string of the molecule is CC[C@@H](c1nnnn1C1CCCCC1)N1CCN(c2ccc([N+](=O)[O-])cc2)CC1. The zero-order chi connectivity index (χ0) is 20.2. The fraction of sp³-hybridized carbons (Fsp3) is 0.650. The van der Waals surface area contributed by atoms with Crippen LogP contribution in [0.4, 0.5) is 11.4 Å². The zero-order valence-corrected chi connectivity index (χ0v) is 17.0. The second-order valence-electron chi connectivity index (χ2n) is 7.99. The van der Waals surface area contributed by atoms with Crippen LogP contribution in [0.15, 0.2) is 24.3 Å². The number of hydrogen-bond donors (Lipinski definition) is 0. The Morgan fingerprint density at radius 1 is 1.10 bits per heavy atom. The predicted octanol–water partition coefficient (Wildman–Crippen LogP) is 3.36. The lowest BCUT2D eigenvalue weighted by Gasteiger charge is -2.39. The highest BCUT2D eigenvalue weighted by Gasteiger charge is 2.30. The molecule has 2 heterocycles. The van der Waals surface area contributed by atoms with Crippen molar-refractivity contribution >= 4 is 11.4 Å². The summed E-state index contributed by atoms with van der Waals surface area (Å²) in [5.74, 6) is 1.00. The summed E-state index contributed by atoms with van der Waals surface area (Å²) in [6.07, 6.45) is 7.15. The number of nitro groups is 1. The first-order chi connectivity index (χ1) is 14.2. The maximum atomic E-state index is 10.9. The van der Waals surface area contributed by atoms with E-state index in [1.54, 1.807) is 12.1 Å². The average Bonchev–Trinajstić information content (AvgIpc) is 3.25. The Bertz CT molecular complexity index is 808. The van der Waals surface area contributed by atoms with Gasteiger partial charge in [-0.05, 0) is 41.8 Å². The lowest BCUT2D eigenvalue weighted by Crippen LogP contribution is -2.48. The van der Waals surface area contributed by atoms with E-state index in [-0.39, 0.29) is 16.7 Å². The van der Waals surface area contributed by atoms with Crippen LogP contribution in [-0.4, -0.2) is 56.2 Å². The molecule has 1 aromatic heterocycles. The van der Waals surface area contributed by atoms with E-state index in [0.717, 1.165) is 44.1 Å². The fourth-order valence-electron chi connectivity index (χ4n) is 4.69. The monoisotopic (exact) mass is 399 g/mol. The third-order valence-electron chi connectivity index (χ3n) is 6.30. The van der Waals surface area contributed by atoms with Crippen LogP contribution in [0.1, 0.15) is 63.4 Å². The van der Waals surface area contributed by atoms with Gasteiger partial charge in [-0.25, -0.2) is 4.68 Å². The maximum Gasteiger partial charge on any atom is 0.269 e. The number of hydrogen-bond acceptors (Lipinski definition) is 7. The Morgan fingerprint density at radius 2 is 1.79 bits per heavy atom. The van der Waals surface area contributed by atoms with E-state index in [4.69, 9.17) is 0 Å². The van der Waals surface area contributed by atoms with Gasteiger partial charge in [0.05, 0.1) is 17.0 Å². The number of tetrazole rings is 1. The lowest BCUT2D eigenvalue weighted by atomic mass is 9.95. The molecule has 9 heteroatoms. The van der Waals surface area contributed by atoms with Crippen molar-refractivity contribution in [3.63, 3.8) is 0 Å². The summed E-state index contributed by atoms with van der Waals surface area (Å²) >= 11 is 0. The van der Waals surface area contributed by atoms with Crippen molar-refractivity contribution in [2.45, 2.75) is 57.5 Å². The molecule has 0 radical (unpaired) electrons. The smallest absolute Gasteiger partial charge is 0.269 e. The number of nitrogens with zero attached hydrogens (tertiary/aromatic N) is 7. The third kappa shape index (κ3) is 4.24. The molecule has 0 amide bonds. The van der Waals surface area contributed by atoms with Crippen LogP contribution in [0.3, 0.4) is 0 Å². The first kappa shape index (κ1) is 19.8. The Morgan fingerprint density at radius 3 is 2.41 bits per heavy atom. The molecule has 1 saturated carbocycles. The van der Waals surface area contributed by atoms with E-state index in [0.29, 0.717) is 6.04 Å². The van der Waals surface area contributed by atoms with Crippen LogP contribution in [0.2, 0.25) is 0 Å². The van der Waals surface area contributed by atoms with Gasteiger partial charge in [0.1, 0.15) is 0 Å². The van der Waals surface area contributed by atoms with E-state index < -0.39 is 0 Å². The molecule has 2 aliphatic rings. The molecule has 1 aliphatic carbocycles. The Balaban J connectivity index is 1.42. The fourth-order valence-corrected chi connectivity index (χ4v) is 4.69. The molecule has 156 valence electrons. The largest absolute Gasteiger partial charge is 0.369 e. The summed E-state index contributed by atoms with van der Waals surface area (Å²) < 4.78 is 2.09. The van der Waals surface area contributed by atoms with E-state index in [9.17, 15) is 10.1 Å². The normalized spacial score (nSPS) is 20.0. The van der Waals surface area contributed by atoms with Gasteiger partial charge in [-0.15, -0.1) is 5.10 Å². The number of anilines is 1. The Kier molecular flexibility index (Phi) is 6.03. The van der Waals surface area contributed by atoms with Crippen molar-refractivity contribution in [1.82, 2.24) is 25.1 Å². The predicted molar refractivity (Wildman–Crippen MR) is 110 cm³/mol. The summed E-state index contributed by atoms with van der Waals surface area (Å²) in [5, 5.41) is 23.7. The second-order valence-corrected chi connectivity index (χ2v) is 7.99. The van der Waals surface area contributed by atoms with Crippen LogP contribution in [-0.2, 0) is 0 Å². The molecule has 29 heavy (non-hydrogen) atoms. The van der Waals surface area contributed by atoms with Gasteiger partial charge < -0.3 is 4.90 Å². The topological polar surface area (TPSA) is 93.2 Å². The van der Waals surface area contributed by atoms with Gasteiger partial charge in [0, 0.05) is 44.0 Å². The highest BCUT2D eigenvalue weighted by Crippen LogP contribution is 2.32. The molecule has 9 nitrogen and oxygen atoms in total. The number of aromatic nitrogens is 4. The minimum absolute atomic E-state index is 0.132. The molecule has 1 atom stereocenters. The highest BCUT2D eigenvalue weighted by molar-refractivity contribution is 5.51. The zero-order valence-electron chi connectivity index (χ0n) is 17.0. The Hall–Kier alpha value is -2.55. The first-order valence-corrected chi connectivity index (χ1v) is 10.7. The first-order valence-electron chi connectivity index (χ1n) is 10.7. The van der Waals surface area contributed by atoms with Crippen molar-refractivity contribution in [1.29, 1.82) is 0 Å². The molecule has 4 rings (SSSR count). The number of benzene rings is 1. The molecule has 1 aromatic carbocycles. The molecule has 0 unspecified atom stereocenters. The molecule has 2 aromatic rings. The van der Waals surface area contributed by atoms with E-state index in [2.05, 4.69) is 36.9 Å². The molecular formula is C20H29N7O2. The second kappa shape index (κ2) is 8.86. The standard InChI is InChI=1S/C20H29N7O2/c1-2-19(20-21-22-23-26(20)17-6-4-3-5-7-17)25-14-12-24(13-15-25)16-8-10-18(11-9-16)27(28)29/h8-11,17,19H,2-7,12-15H2,1H3/t19-/m0/s1. The van der Waals surface area contributed by atoms with Gasteiger partial charge in [0.25, 0.3) is 5.69 Å². The van der Waals surface area contributed by atoms with Crippen LogP contribution < -0.4 is 4.90 Å². The third-order valence-corrected chi connectivity index (χ3v) is 6.30. The van der Waals surface area contributed by atoms with E-state index in [1.807, 2.05) is 12.1 Å². The van der Waals surface area contributed by atoms with Gasteiger partial charge in [-0.2, -0.15) is 0 Å². The van der Waals surface area contributed by atoms with Crippen molar-refractivity contribution < 1.29 is 4.92 Å². The van der Waals surface area contributed by atoms with E-state index in [1.165, 1.54) is 32.1 Å². The van der Waals surface area contributed by atoms with Crippen molar-refractivity contribution in [2.75, 3.05) is 31.1 Å². The lowest BCUT2D eigenvalue weighted by molar-refractivity contribution is -0.384. The number of rotatable bonds is 6. The number of piperazine rings is 1. The van der Waals surface area contributed by atoms with Crippen LogP contribution in [0.25, 0.3) is 0 Å². The van der Waals surface area contributed by atoms with Crippen molar-refractivity contribution in [3.8, 4) is 0 Å². The molecule has 1 saturated heterocycles. The summed E-state index contributed by atoms with van der Waals surface area (Å²) in [4.78, 5) is 15.3. The number of nitro benzene ring substituents is 1. The van der Waals surface area contributed by atoms with Gasteiger partial charge in [0.15, 0.2) is 5.82 Å².